The van der Waals surface area contributed by atoms with Crippen LogP contribution in [0.2, 0.25) is 10.0 Å². The Balaban J connectivity index is 1.68. The molecule has 12 heteroatoms. The molecule has 4 atom stereocenters. The van der Waals surface area contributed by atoms with Crippen LogP contribution in [0.4, 0.5) is 0 Å². The number of nitrogens with zero attached hydrogens (tertiary/aromatic N) is 1. The smallest absolute Gasteiger partial charge is 0.330 e. The molecule has 1 aromatic heterocycles. The summed E-state index contributed by atoms with van der Waals surface area (Å²) < 4.78 is 11.6. The van der Waals surface area contributed by atoms with Crippen molar-refractivity contribution in [1.29, 1.82) is 0 Å². The number of phenols is 1. The van der Waals surface area contributed by atoms with Gasteiger partial charge in [0.15, 0.2) is 17.7 Å². The SMILES string of the molecule is COc1cc(Cl)c(CNC[C@H]2O[C@@H](n3ccc(=O)[nH]c3=O)[C@H](O)[C@@H]2O)c(Cl)c1O. The monoisotopic (exact) mass is 447 g/mol. The maximum absolute atomic E-state index is 11.9. The van der Waals surface area contributed by atoms with E-state index < -0.39 is 35.8 Å². The molecule has 0 bridgehead atoms. The zero-order valence-corrected chi connectivity index (χ0v) is 16.6. The molecule has 1 aromatic carbocycles. The van der Waals surface area contributed by atoms with Crippen LogP contribution in [0.5, 0.6) is 11.5 Å². The van der Waals surface area contributed by atoms with Gasteiger partial charge in [-0.15, -0.1) is 0 Å². The lowest BCUT2D eigenvalue weighted by atomic mass is 10.1. The first-order chi connectivity index (χ1) is 13.7. The molecule has 0 aliphatic carbocycles. The summed E-state index contributed by atoms with van der Waals surface area (Å²) in [5, 5.41) is 33.7. The third kappa shape index (κ3) is 4.27. The largest absolute Gasteiger partial charge is 0.503 e. The fourth-order valence-corrected chi connectivity index (χ4v) is 3.61. The summed E-state index contributed by atoms with van der Waals surface area (Å²) in [6, 6.07) is 2.53. The van der Waals surface area contributed by atoms with Crippen molar-refractivity contribution >= 4 is 23.2 Å². The zero-order valence-electron chi connectivity index (χ0n) is 15.1. The first-order valence-corrected chi connectivity index (χ1v) is 9.27. The van der Waals surface area contributed by atoms with Crippen molar-refractivity contribution in [3.05, 3.63) is 54.8 Å². The number of benzene rings is 1. The predicted molar refractivity (Wildman–Crippen MR) is 104 cm³/mol. The summed E-state index contributed by atoms with van der Waals surface area (Å²) in [5.74, 6) is -0.115. The van der Waals surface area contributed by atoms with E-state index in [0.717, 1.165) is 10.6 Å². The van der Waals surface area contributed by atoms with Crippen LogP contribution in [-0.4, -0.2) is 56.8 Å². The standard InChI is InChI=1S/C17H19Cl2N3O7/c1-28-9-4-8(18)7(12(19)13(9)24)5-20-6-10-14(25)15(26)16(29-10)22-3-2-11(23)21-17(22)27/h2-4,10,14-16,20,24-26H,5-6H2,1H3,(H,21,23,27)/t10-,14-,15-,16-/m1/s1. The second-order valence-corrected chi connectivity index (χ2v) is 7.18. The maximum atomic E-state index is 11.9. The molecule has 10 nitrogen and oxygen atoms in total. The molecule has 0 radical (unpaired) electrons. The number of phenolic OH excluding ortho intramolecular Hbond substituents is 1. The molecule has 1 fully saturated rings. The van der Waals surface area contributed by atoms with E-state index >= 15 is 0 Å². The highest BCUT2D eigenvalue weighted by Crippen LogP contribution is 2.40. The highest BCUT2D eigenvalue weighted by atomic mass is 35.5. The number of hydrogen-bond donors (Lipinski definition) is 5. The first-order valence-electron chi connectivity index (χ1n) is 8.52. The number of aromatic nitrogens is 2. The van der Waals surface area contributed by atoms with Crippen molar-refractivity contribution in [3.8, 4) is 11.5 Å². The Morgan fingerprint density at radius 2 is 2.03 bits per heavy atom. The molecular weight excluding hydrogens is 429 g/mol. The molecule has 2 heterocycles. The molecule has 1 saturated heterocycles. The molecule has 5 N–H and O–H groups in total. The number of H-pyrrole nitrogens is 1. The Bertz CT molecular complexity index is 1010. The van der Waals surface area contributed by atoms with Crippen LogP contribution in [0.3, 0.4) is 0 Å². The van der Waals surface area contributed by atoms with Gasteiger partial charge < -0.3 is 30.1 Å². The molecule has 0 amide bonds. The average Bonchev–Trinajstić information content (AvgIpc) is 2.95. The van der Waals surface area contributed by atoms with Gasteiger partial charge in [-0.25, -0.2) is 4.79 Å². The third-order valence-corrected chi connectivity index (χ3v) is 5.33. The molecule has 29 heavy (non-hydrogen) atoms. The Labute approximate surface area is 174 Å². The fourth-order valence-electron chi connectivity index (χ4n) is 3.04. The van der Waals surface area contributed by atoms with Gasteiger partial charge in [-0.1, -0.05) is 23.2 Å². The Morgan fingerprint density at radius 1 is 1.31 bits per heavy atom. The van der Waals surface area contributed by atoms with Crippen LogP contribution >= 0.6 is 23.2 Å². The fraction of sp³-hybridized carbons (Fsp3) is 0.412. The number of aliphatic hydroxyl groups is 2. The molecular formula is C17H19Cl2N3O7. The summed E-state index contributed by atoms with van der Waals surface area (Å²) in [6.07, 6.45) is -3.53. The van der Waals surface area contributed by atoms with Crippen molar-refractivity contribution < 1.29 is 24.8 Å². The van der Waals surface area contributed by atoms with Crippen molar-refractivity contribution in [2.24, 2.45) is 0 Å². The van der Waals surface area contributed by atoms with E-state index in [9.17, 15) is 24.9 Å². The normalized spacial score (nSPS) is 24.0. The molecule has 1 aliphatic heterocycles. The third-order valence-electron chi connectivity index (χ3n) is 4.58. The minimum Gasteiger partial charge on any atom is -0.503 e. The summed E-state index contributed by atoms with van der Waals surface area (Å²) >= 11 is 12.3. The van der Waals surface area contributed by atoms with Crippen molar-refractivity contribution in [1.82, 2.24) is 14.9 Å². The summed E-state index contributed by atoms with van der Waals surface area (Å²) in [7, 11) is 1.37. The van der Waals surface area contributed by atoms with Gasteiger partial charge in [0.25, 0.3) is 5.56 Å². The number of methoxy groups -OCH3 is 1. The molecule has 0 saturated carbocycles. The lowest BCUT2D eigenvalue weighted by Gasteiger charge is -2.17. The number of rotatable bonds is 6. The number of hydrogen-bond acceptors (Lipinski definition) is 8. The van der Waals surface area contributed by atoms with E-state index in [4.69, 9.17) is 32.7 Å². The highest BCUT2D eigenvalue weighted by Gasteiger charge is 2.43. The van der Waals surface area contributed by atoms with Crippen molar-refractivity contribution in [2.45, 2.75) is 31.1 Å². The van der Waals surface area contributed by atoms with Gasteiger partial charge in [0.2, 0.25) is 0 Å². The van der Waals surface area contributed by atoms with Gasteiger partial charge in [-0.3, -0.25) is 14.3 Å². The van der Waals surface area contributed by atoms with Gasteiger partial charge in [-0.05, 0) is 0 Å². The Hall–Kier alpha value is -2.08. The molecule has 2 aromatic rings. The van der Waals surface area contributed by atoms with E-state index in [1.807, 2.05) is 0 Å². The Morgan fingerprint density at radius 3 is 2.69 bits per heavy atom. The average molecular weight is 448 g/mol. The van der Waals surface area contributed by atoms with E-state index in [-0.39, 0.29) is 34.6 Å². The highest BCUT2D eigenvalue weighted by molar-refractivity contribution is 6.37. The predicted octanol–water partition coefficient (Wildman–Crippen LogP) is -0.0334. The van der Waals surface area contributed by atoms with Crippen LogP contribution < -0.4 is 21.3 Å². The van der Waals surface area contributed by atoms with Crippen molar-refractivity contribution in [2.75, 3.05) is 13.7 Å². The van der Waals surface area contributed by atoms with E-state index in [0.29, 0.717) is 5.56 Å². The van der Waals surface area contributed by atoms with Crippen LogP contribution in [0, 0.1) is 0 Å². The van der Waals surface area contributed by atoms with E-state index in [1.54, 1.807) is 0 Å². The zero-order chi connectivity index (χ0) is 21.3. The van der Waals surface area contributed by atoms with Gasteiger partial charge >= 0.3 is 5.69 Å². The topological polar surface area (TPSA) is 146 Å². The minimum absolute atomic E-state index is 0.0208. The molecule has 0 spiro atoms. The van der Waals surface area contributed by atoms with E-state index in [1.165, 1.54) is 19.4 Å². The van der Waals surface area contributed by atoms with Crippen LogP contribution in [-0.2, 0) is 11.3 Å². The number of halogens is 2. The summed E-state index contributed by atoms with van der Waals surface area (Å²) in [5.41, 5.74) is -0.947. The van der Waals surface area contributed by atoms with Crippen LogP contribution in [0.1, 0.15) is 11.8 Å². The van der Waals surface area contributed by atoms with Gasteiger partial charge in [-0.2, -0.15) is 0 Å². The summed E-state index contributed by atoms with van der Waals surface area (Å²) in [6.45, 7) is 0.202. The quantitative estimate of drug-likeness (QED) is 0.414. The number of nitrogens with one attached hydrogen (secondary N) is 2. The molecule has 3 rings (SSSR count). The molecule has 158 valence electrons. The van der Waals surface area contributed by atoms with Gasteiger partial charge in [0, 0.05) is 37.0 Å². The molecule has 1 aliphatic rings. The number of aliphatic hydroxyl groups excluding tert-OH is 2. The number of aromatic hydroxyl groups is 1. The van der Waals surface area contributed by atoms with Gasteiger partial charge in [0.05, 0.1) is 17.2 Å². The van der Waals surface area contributed by atoms with Crippen LogP contribution in [0.25, 0.3) is 0 Å². The maximum Gasteiger partial charge on any atom is 0.330 e. The Kier molecular flexibility index (Phi) is 6.52. The first kappa shape index (κ1) is 21.6. The minimum atomic E-state index is -1.39. The van der Waals surface area contributed by atoms with Gasteiger partial charge in [0.1, 0.15) is 18.3 Å². The summed E-state index contributed by atoms with van der Waals surface area (Å²) in [4.78, 5) is 25.1. The number of aromatic amines is 1. The second kappa shape index (κ2) is 8.74. The van der Waals surface area contributed by atoms with E-state index in [2.05, 4.69) is 10.3 Å². The second-order valence-electron chi connectivity index (χ2n) is 6.40. The lowest BCUT2D eigenvalue weighted by Crippen LogP contribution is -2.38. The van der Waals surface area contributed by atoms with Crippen LogP contribution in [0.15, 0.2) is 27.9 Å². The molecule has 0 unspecified atom stereocenters. The lowest BCUT2D eigenvalue weighted by molar-refractivity contribution is -0.0392. The van der Waals surface area contributed by atoms with Crippen molar-refractivity contribution in [3.63, 3.8) is 0 Å². The number of ether oxygens (including phenoxy) is 2.